The molecule has 2 rings (SSSR count). The zero-order chi connectivity index (χ0) is 25.1. The fourth-order valence-electron chi connectivity index (χ4n) is 2.49. The molecule has 0 aromatic heterocycles. The number of hydrogen-bond acceptors (Lipinski definition) is 4. The molecule has 180 valence electrons. The first-order chi connectivity index (χ1) is 15.7. The number of benzene rings is 2. The minimum absolute atomic E-state index is 0.237. The number of hydrogen-bond donors (Lipinski definition) is 1. The molecule has 2 aromatic rings. The summed E-state index contributed by atoms with van der Waals surface area (Å²) in [6, 6.07) is 17.7. The number of carbonyl (C=O) groups excluding carboxylic acids is 2. The molecule has 1 atom stereocenters. The third kappa shape index (κ3) is 14.7. The molecule has 4 nitrogen and oxygen atoms in total. The zero-order valence-electron chi connectivity index (χ0n) is 20.7. The first kappa shape index (κ1) is 30.0. The van der Waals surface area contributed by atoms with Crippen LogP contribution in [0, 0.1) is 0 Å². The second kappa shape index (κ2) is 18.6. The minimum Gasteiger partial charge on any atom is -0.462 e. The van der Waals surface area contributed by atoms with Gasteiger partial charge in [0.05, 0.1) is 6.61 Å². The highest BCUT2D eigenvalue weighted by Gasteiger charge is 2.18. The molecule has 1 unspecified atom stereocenters. The SMILES string of the molecule is C=C(C)C.C=C(CC)C(=O)OCCCCCC.O=C(c1ccccc1)C(O)c1ccccc1. The van der Waals surface area contributed by atoms with Crippen molar-refractivity contribution in [2.45, 2.75) is 65.9 Å². The van der Waals surface area contributed by atoms with E-state index in [1.807, 2.05) is 32.9 Å². The maximum atomic E-state index is 11.9. The third-order valence-corrected chi connectivity index (χ3v) is 4.37. The van der Waals surface area contributed by atoms with Crippen molar-refractivity contribution in [3.05, 3.63) is 96.1 Å². The van der Waals surface area contributed by atoms with E-state index in [9.17, 15) is 14.7 Å². The van der Waals surface area contributed by atoms with Crippen molar-refractivity contribution in [1.29, 1.82) is 0 Å². The van der Waals surface area contributed by atoms with Crippen LogP contribution in [0.2, 0.25) is 0 Å². The molecule has 0 spiro atoms. The lowest BCUT2D eigenvalue weighted by molar-refractivity contribution is -0.139. The van der Waals surface area contributed by atoms with E-state index in [0.29, 0.717) is 29.7 Å². The predicted molar refractivity (Wildman–Crippen MR) is 137 cm³/mol. The van der Waals surface area contributed by atoms with E-state index < -0.39 is 6.10 Å². The predicted octanol–water partition coefficient (Wildman–Crippen LogP) is 7.26. The van der Waals surface area contributed by atoms with Gasteiger partial charge in [0.25, 0.3) is 0 Å². The van der Waals surface area contributed by atoms with E-state index in [1.165, 1.54) is 18.4 Å². The molecule has 1 N–H and O–H groups in total. The Kier molecular flexibility index (Phi) is 16.9. The summed E-state index contributed by atoms with van der Waals surface area (Å²) < 4.78 is 5.00. The van der Waals surface area contributed by atoms with Crippen molar-refractivity contribution in [1.82, 2.24) is 0 Å². The van der Waals surface area contributed by atoms with Crippen LogP contribution in [0.5, 0.6) is 0 Å². The Hall–Kier alpha value is -2.98. The molecular weight excluding hydrogens is 412 g/mol. The van der Waals surface area contributed by atoms with Crippen molar-refractivity contribution in [3.63, 3.8) is 0 Å². The van der Waals surface area contributed by atoms with Crippen LogP contribution in [0.3, 0.4) is 0 Å². The number of carbonyl (C=O) groups is 2. The summed E-state index contributed by atoms with van der Waals surface area (Å²) in [5.74, 6) is -0.509. The van der Waals surface area contributed by atoms with E-state index in [-0.39, 0.29) is 11.8 Å². The number of aliphatic hydroxyl groups excluding tert-OH is 1. The van der Waals surface area contributed by atoms with Crippen LogP contribution in [0.1, 0.15) is 81.8 Å². The smallest absolute Gasteiger partial charge is 0.333 e. The third-order valence-electron chi connectivity index (χ3n) is 4.37. The van der Waals surface area contributed by atoms with Crippen molar-refractivity contribution >= 4 is 11.8 Å². The van der Waals surface area contributed by atoms with Gasteiger partial charge < -0.3 is 9.84 Å². The Morgan fingerprint density at radius 1 is 0.879 bits per heavy atom. The fraction of sp³-hybridized carbons (Fsp3) is 0.379. The number of ketones is 1. The summed E-state index contributed by atoms with van der Waals surface area (Å²) in [4.78, 5) is 23.0. The highest BCUT2D eigenvalue weighted by atomic mass is 16.5. The van der Waals surface area contributed by atoms with Crippen molar-refractivity contribution in [2.24, 2.45) is 0 Å². The summed E-state index contributed by atoms with van der Waals surface area (Å²) >= 11 is 0. The van der Waals surface area contributed by atoms with Gasteiger partial charge in [-0.2, -0.15) is 0 Å². The lowest BCUT2D eigenvalue weighted by Crippen LogP contribution is -2.11. The normalized spacial score (nSPS) is 10.5. The molecule has 0 radical (unpaired) electrons. The Balaban J connectivity index is 0.000000545. The second-order valence-electron chi connectivity index (χ2n) is 7.90. The molecule has 0 amide bonds. The van der Waals surface area contributed by atoms with Crippen LogP contribution in [-0.4, -0.2) is 23.5 Å². The summed E-state index contributed by atoms with van der Waals surface area (Å²) in [6.45, 7) is 15.7. The number of allylic oxidation sites excluding steroid dienone is 1. The van der Waals surface area contributed by atoms with Crippen LogP contribution in [0.4, 0.5) is 0 Å². The van der Waals surface area contributed by atoms with Crippen molar-refractivity contribution < 1.29 is 19.4 Å². The van der Waals surface area contributed by atoms with Gasteiger partial charge in [-0.3, -0.25) is 4.79 Å². The van der Waals surface area contributed by atoms with E-state index in [4.69, 9.17) is 4.74 Å². The quantitative estimate of drug-likeness (QED) is 0.135. The van der Waals surface area contributed by atoms with Crippen LogP contribution >= 0.6 is 0 Å². The van der Waals surface area contributed by atoms with E-state index in [2.05, 4.69) is 20.1 Å². The monoisotopic (exact) mass is 452 g/mol. The highest BCUT2D eigenvalue weighted by Crippen LogP contribution is 2.17. The first-order valence-electron chi connectivity index (χ1n) is 11.5. The van der Waals surface area contributed by atoms with Gasteiger partial charge in [-0.15, -0.1) is 6.58 Å². The summed E-state index contributed by atoms with van der Waals surface area (Å²) in [7, 11) is 0. The summed E-state index contributed by atoms with van der Waals surface area (Å²) in [6.07, 6.45) is 4.12. The average molecular weight is 453 g/mol. The molecule has 0 saturated heterocycles. The number of aliphatic hydroxyl groups is 1. The van der Waals surface area contributed by atoms with Crippen molar-refractivity contribution in [2.75, 3.05) is 6.61 Å². The molecule has 0 aliphatic heterocycles. The first-order valence-corrected chi connectivity index (χ1v) is 11.5. The Morgan fingerprint density at radius 3 is 1.88 bits per heavy atom. The number of ether oxygens (including phenoxy) is 1. The average Bonchev–Trinajstić information content (AvgIpc) is 2.83. The van der Waals surface area contributed by atoms with Crippen LogP contribution in [0.15, 0.2) is 85.0 Å². The molecule has 4 heteroatoms. The van der Waals surface area contributed by atoms with Gasteiger partial charge in [-0.25, -0.2) is 4.79 Å². The lowest BCUT2D eigenvalue weighted by Gasteiger charge is -2.09. The number of esters is 1. The zero-order valence-corrected chi connectivity index (χ0v) is 20.7. The van der Waals surface area contributed by atoms with Gasteiger partial charge in [0.2, 0.25) is 0 Å². The van der Waals surface area contributed by atoms with Crippen LogP contribution in [-0.2, 0) is 9.53 Å². The summed E-state index contributed by atoms with van der Waals surface area (Å²) in [5, 5.41) is 9.89. The van der Waals surface area contributed by atoms with Gasteiger partial charge in [-0.05, 0) is 32.3 Å². The van der Waals surface area contributed by atoms with Gasteiger partial charge in [-0.1, -0.05) is 106 Å². The van der Waals surface area contributed by atoms with Gasteiger partial charge in [0.15, 0.2) is 5.78 Å². The topological polar surface area (TPSA) is 63.6 Å². The Labute approximate surface area is 200 Å². The maximum absolute atomic E-state index is 11.9. The molecule has 2 aromatic carbocycles. The number of rotatable bonds is 10. The second-order valence-corrected chi connectivity index (χ2v) is 7.90. The van der Waals surface area contributed by atoms with Gasteiger partial charge in [0.1, 0.15) is 6.10 Å². The lowest BCUT2D eigenvalue weighted by atomic mass is 10.0. The number of unbranched alkanes of at least 4 members (excludes halogenated alkanes) is 3. The maximum Gasteiger partial charge on any atom is 0.333 e. The molecule has 33 heavy (non-hydrogen) atoms. The molecule has 0 aliphatic rings. The standard InChI is InChI=1S/C14H12O2.C11H20O2.C4H8/c15-13(11-7-3-1-4-8-11)14(16)12-9-5-2-6-10-12;1-4-6-7-8-9-13-11(12)10(3)5-2;1-4(2)3/h1-10,13,15H;3-9H2,1-2H3;1H2,2-3H3. The molecular formula is C29H40O4. The highest BCUT2D eigenvalue weighted by molar-refractivity contribution is 5.99. The van der Waals surface area contributed by atoms with Crippen molar-refractivity contribution in [3.8, 4) is 0 Å². The molecule has 0 saturated carbocycles. The van der Waals surface area contributed by atoms with E-state index >= 15 is 0 Å². The van der Waals surface area contributed by atoms with Gasteiger partial charge >= 0.3 is 5.97 Å². The van der Waals surface area contributed by atoms with E-state index in [1.54, 1.807) is 48.5 Å². The molecule has 0 heterocycles. The number of Topliss-reactive ketones (excluding diaryl/α,β-unsaturated/α-hetero) is 1. The van der Waals surface area contributed by atoms with Crippen LogP contribution in [0.25, 0.3) is 0 Å². The molecule has 0 aliphatic carbocycles. The molecule has 0 fully saturated rings. The Bertz CT molecular complexity index is 821. The fourth-order valence-corrected chi connectivity index (χ4v) is 2.49. The minimum atomic E-state index is -1.08. The largest absolute Gasteiger partial charge is 0.462 e. The van der Waals surface area contributed by atoms with Crippen LogP contribution < -0.4 is 0 Å². The Morgan fingerprint density at radius 2 is 1.39 bits per heavy atom. The summed E-state index contributed by atoms with van der Waals surface area (Å²) in [5.41, 5.74) is 2.88. The molecule has 0 bridgehead atoms. The van der Waals surface area contributed by atoms with Gasteiger partial charge in [0, 0.05) is 11.1 Å². The van der Waals surface area contributed by atoms with E-state index in [0.717, 1.165) is 12.8 Å².